The SMILES string of the molecule is COC1C[CH]CCC1Nc1cc(C)c2ccccc2n1. The molecule has 3 rings (SSSR count). The zero-order valence-corrected chi connectivity index (χ0v) is 12.1. The standard InChI is InChI=1S/C17H21N2O/c1-12-11-17(18-14-8-4-3-7-13(12)14)19-15-9-5-6-10-16(15)20-2/h3-4,6-8,11,15-16H,5,9-10H2,1-2H3,(H,18,19). The van der Waals surface area contributed by atoms with Crippen LogP contribution >= 0.6 is 0 Å². The minimum atomic E-state index is 0.248. The third-order valence-corrected chi connectivity index (χ3v) is 4.09. The summed E-state index contributed by atoms with van der Waals surface area (Å²) in [5.41, 5.74) is 2.31. The Labute approximate surface area is 120 Å². The van der Waals surface area contributed by atoms with Crippen molar-refractivity contribution >= 4 is 16.7 Å². The van der Waals surface area contributed by atoms with Crippen LogP contribution in [0.1, 0.15) is 24.8 Å². The number of nitrogens with one attached hydrogen (secondary N) is 1. The summed E-state index contributed by atoms with van der Waals surface area (Å²) in [7, 11) is 1.79. The highest BCUT2D eigenvalue weighted by molar-refractivity contribution is 5.83. The van der Waals surface area contributed by atoms with E-state index < -0.39 is 0 Å². The highest BCUT2D eigenvalue weighted by Crippen LogP contribution is 2.25. The van der Waals surface area contributed by atoms with Crippen molar-refractivity contribution in [3.8, 4) is 0 Å². The van der Waals surface area contributed by atoms with Crippen LogP contribution in [0.3, 0.4) is 0 Å². The van der Waals surface area contributed by atoms with Crippen LogP contribution in [0.5, 0.6) is 0 Å². The number of hydrogen-bond donors (Lipinski definition) is 1. The monoisotopic (exact) mass is 269 g/mol. The molecular weight excluding hydrogens is 248 g/mol. The van der Waals surface area contributed by atoms with E-state index in [1.54, 1.807) is 7.11 Å². The van der Waals surface area contributed by atoms with E-state index in [9.17, 15) is 0 Å². The van der Waals surface area contributed by atoms with E-state index in [0.29, 0.717) is 6.04 Å². The Morgan fingerprint density at radius 1 is 1.30 bits per heavy atom. The summed E-state index contributed by atoms with van der Waals surface area (Å²) < 4.78 is 5.57. The Bertz CT molecular complexity index is 597. The molecule has 1 aliphatic rings. The zero-order valence-electron chi connectivity index (χ0n) is 12.1. The van der Waals surface area contributed by atoms with Crippen LogP contribution in [0.15, 0.2) is 30.3 Å². The van der Waals surface area contributed by atoms with E-state index in [2.05, 4.69) is 42.9 Å². The Balaban J connectivity index is 1.86. The van der Waals surface area contributed by atoms with Crippen molar-refractivity contribution in [2.24, 2.45) is 0 Å². The average molecular weight is 269 g/mol. The summed E-state index contributed by atoms with van der Waals surface area (Å²) in [6.07, 6.45) is 5.82. The first kappa shape index (κ1) is 13.4. The number of ether oxygens (including phenoxy) is 1. The van der Waals surface area contributed by atoms with Crippen molar-refractivity contribution in [1.29, 1.82) is 0 Å². The lowest BCUT2D eigenvalue weighted by atomic mass is 9.92. The fraction of sp³-hybridized carbons (Fsp3) is 0.412. The maximum atomic E-state index is 5.57. The lowest BCUT2D eigenvalue weighted by Crippen LogP contribution is -2.38. The second-order valence-corrected chi connectivity index (χ2v) is 5.47. The number of hydrogen-bond acceptors (Lipinski definition) is 3. The maximum absolute atomic E-state index is 5.57. The quantitative estimate of drug-likeness (QED) is 0.922. The molecule has 2 atom stereocenters. The van der Waals surface area contributed by atoms with E-state index in [0.717, 1.165) is 30.6 Å². The number of nitrogens with zero attached hydrogens (tertiary/aromatic N) is 1. The summed E-state index contributed by atoms with van der Waals surface area (Å²) in [5.74, 6) is 0.954. The van der Waals surface area contributed by atoms with Gasteiger partial charge in [-0.1, -0.05) is 18.2 Å². The number of aryl methyl sites for hydroxylation is 1. The Hall–Kier alpha value is -1.61. The van der Waals surface area contributed by atoms with Gasteiger partial charge in [0.15, 0.2) is 0 Å². The van der Waals surface area contributed by atoms with Crippen molar-refractivity contribution in [2.45, 2.75) is 38.3 Å². The number of methoxy groups -OCH3 is 1. The molecule has 1 N–H and O–H groups in total. The van der Waals surface area contributed by atoms with E-state index in [4.69, 9.17) is 9.72 Å². The van der Waals surface area contributed by atoms with Crippen molar-refractivity contribution in [2.75, 3.05) is 12.4 Å². The Morgan fingerprint density at radius 2 is 2.15 bits per heavy atom. The molecule has 2 unspecified atom stereocenters. The summed E-state index contributed by atoms with van der Waals surface area (Å²) in [6, 6.07) is 10.8. The molecule has 105 valence electrons. The maximum Gasteiger partial charge on any atom is 0.127 e. The first-order chi connectivity index (χ1) is 9.78. The van der Waals surface area contributed by atoms with Gasteiger partial charge in [0.05, 0.1) is 17.7 Å². The second-order valence-electron chi connectivity index (χ2n) is 5.47. The van der Waals surface area contributed by atoms with Crippen molar-refractivity contribution < 1.29 is 4.74 Å². The molecule has 1 saturated carbocycles. The van der Waals surface area contributed by atoms with Gasteiger partial charge in [0.2, 0.25) is 0 Å². The van der Waals surface area contributed by atoms with E-state index in [1.165, 1.54) is 10.9 Å². The average Bonchev–Trinajstić information content (AvgIpc) is 2.48. The Morgan fingerprint density at radius 3 is 3.00 bits per heavy atom. The summed E-state index contributed by atoms with van der Waals surface area (Å²) in [4.78, 5) is 4.72. The van der Waals surface area contributed by atoms with Crippen LogP contribution < -0.4 is 5.32 Å². The normalized spacial score (nSPS) is 22.9. The molecule has 3 nitrogen and oxygen atoms in total. The highest BCUT2D eigenvalue weighted by atomic mass is 16.5. The van der Waals surface area contributed by atoms with Gasteiger partial charge in [-0.3, -0.25) is 0 Å². The second kappa shape index (κ2) is 5.80. The van der Waals surface area contributed by atoms with Gasteiger partial charge in [-0.25, -0.2) is 4.98 Å². The van der Waals surface area contributed by atoms with Crippen LogP contribution in [0, 0.1) is 13.3 Å². The molecule has 1 radical (unpaired) electrons. The van der Waals surface area contributed by atoms with Crippen LogP contribution in [0.4, 0.5) is 5.82 Å². The fourth-order valence-electron chi connectivity index (χ4n) is 2.97. The van der Waals surface area contributed by atoms with Gasteiger partial charge >= 0.3 is 0 Å². The van der Waals surface area contributed by atoms with Gasteiger partial charge in [-0.2, -0.15) is 0 Å². The molecule has 3 heteroatoms. The minimum absolute atomic E-state index is 0.248. The van der Waals surface area contributed by atoms with Crippen molar-refractivity contribution in [1.82, 2.24) is 4.98 Å². The van der Waals surface area contributed by atoms with Crippen LogP contribution in [0.2, 0.25) is 0 Å². The van der Waals surface area contributed by atoms with E-state index in [1.807, 2.05) is 6.07 Å². The smallest absolute Gasteiger partial charge is 0.127 e. The molecule has 1 aromatic carbocycles. The predicted molar refractivity (Wildman–Crippen MR) is 82.8 cm³/mol. The summed E-state index contributed by atoms with van der Waals surface area (Å²) in [6.45, 7) is 2.14. The topological polar surface area (TPSA) is 34.1 Å². The summed E-state index contributed by atoms with van der Waals surface area (Å²) >= 11 is 0. The third kappa shape index (κ3) is 2.63. The van der Waals surface area contributed by atoms with Gasteiger partial charge in [0.25, 0.3) is 0 Å². The van der Waals surface area contributed by atoms with Gasteiger partial charge in [0.1, 0.15) is 5.82 Å². The Kier molecular flexibility index (Phi) is 3.88. The van der Waals surface area contributed by atoms with Gasteiger partial charge < -0.3 is 10.1 Å². The molecule has 0 saturated heterocycles. The lowest BCUT2D eigenvalue weighted by molar-refractivity contribution is 0.0732. The van der Waals surface area contributed by atoms with Crippen molar-refractivity contribution in [3.63, 3.8) is 0 Å². The lowest BCUT2D eigenvalue weighted by Gasteiger charge is -2.31. The molecular formula is C17H21N2O. The number of aromatic nitrogens is 1. The first-order valence-electron chi connectivity index (χ1n) is 7.25. The number of pyridine rings is 1. The van der Waals surface area contributed by atoms with E-state index >= 15 is 0 Å². The fourth-order valence-corrected chi connectivity index (χ4v) is 2.97. The number of anilines is 1. The molecule has 2 aromatic rings. The number of benzene rings is 1. The number of para-hydroxylation sites is 1. The number of rotatable bonds is 3. The third-order valence-electron chi connectivity index (χ3n) is 4.09. The molecule has 1 heterocycles. The summed E-state index contributed by atoms with van der Waals surface area (Å²) in [5, 5.41) is 4.78. The largest absolute Gasteiger partial charge is 0.379 e. The highest BCUT2D eigenvalue weighted by Gasteiger charge is 2.25. The molecule has 1 fully saturated rings. The van der Waals surface area contributed by atoms with Gasteiger partial charge in [0, 0.05) is 12.5 Å². The van der Waals surface area contributed by atoms with Crippen LogP contribution in [-0.2, 0) is 4.74 Å². The van der Waals surface area contributed by atoms with E-state index in [-0.39, 0.29) is 6.10 Å². The van der Waals surface area contributed by atoms with Crippen molar-refractivity contribution in [3.05, 3.63) is 42.3 Å². The molecule has 1 aromatic heterocycles. The number of fused-ring (bicyclic) bond motifs is 1. The van der Waals surface area contributed by atoms with Gasteiger partial charge in [-0.15, -0.1) is 0 Å². The molecule has 0 spiro atoms. The molecule has 1 aliphatic carbocycles. The minimum Gasteiger partial charge on any atom is -0.379 e. The molecule has 0 amide bonds. The first-order valence-corrected chi connectivity index (χ1v) is 7.25. The molecule has 0 aliphatic heterocycles. The van der Waals surface area contributed by atoms with Crippen LogP contribution in [0.25, 0.3) is 10.9 Å². The predicted octanol–water partition coefficient (Wildman–Crippen LogP) is 3.73. The van der Waals surface area contributed by atoms with Crippen LogP contribution in [-0.4, -0.2) is 24.2 Å². The molecule has 20 heavy (non-hydrogen) atoms. The zero-order chi connectivity index (χ0) is 13.9. The molecule has 0 bridgehead atoms. The van der Waals surface area contributed by atoms with Gasteiger partial charge in [-0.05, 0) is 50.3 Å².